The van der Waals surface area contributed by atoms with E-state index in [2.05, 4.69) is 25.4 Å². The molecule has 0 spiro atoms. The topological polar surface area (TPSA) is 152 Å². The van der Waals surface area contributed by atoms with Crippen LogP contribution in [0.3, 0.4) is 0 Å². The summed E-state index contributed by atoms with van der Waals surface area (Å²) < 4.78 is 59.5. The molecule has 0 aliphatic heterocycles. The average molecular weight is 503 g/mol. The normalized spacial score (nSPS) is 11.7. The summed E-state index contributed by atoms with van der Waals surface area (Å²) in [6.07, 6.45) is 0.435. The molecule has 0 unspecified atom stereocenters. The van der Waals surface area contributed by atoms with E-state index in [0.29, 0.717) is 24.3 Å². The number of azo groups is 1. The van der Waals surface area contributed by atoms with E-state index in [9.17, 15) is 21.4 Å². The molecule has 0 aliphatic carbocycles. The maximum Gasteiger partial charge on any atom is 1.00 e. The molecule has 10 nitrogen and oxygen atoms in total. The monoisotopic (exact) mass is 502 g/mol. The van der Waals surface area contributed by atoms with Crippen LogP contribution in [0.5, 0.6) is 0 Å². The summed E-state index contributed by atoms with van der Waals surface area (Å²) in [6, 6.07) is 13.4. The first kappa shape index (κ1) is 29.2. The minimum absolute atomic E-state index is 0. The molecule has 13 heteroatoms. The molecule has 33 heavy (non-hydrogen) atoms. The van der Waals surface area contributed by atoms with Crippen LogP contribution in [-0.2, 0) is 24.4 Å². The molecule has 2 rings (SSSR count). The molecule has 0 saturated carbocycles. The summed E-state index contributed by atoms with van der Waals surface area (Å²) in [5.41, 5.74) is 2.96. The number of rotatable bonds is 11. The third-order valence-electron chi connectivity index (χ3n) is 4.47. The van der Waals surface area contributed by atoms with E-state index >= 15 is 0 Å². The van der Waals surface area contributed by atoms with Crippen LogP contribution in [0, 0.1) is 18.3 Å². The smallest absolute Gasteiger partial charge is 0.726 e. The molecule has 0 bridgehead atoms. The van der Waals surface area contributed by atoms with E-state index in [1.165, 1.54) is 24.3 Å². The summed E-state index contributed by atoms with van der Waals surface area (Å²) in [5.74, 6) is -0.649. The molecule has 0 fully saturated rings. The Morgan fingerprint density at radius 2 is 1.76 bits per heavy atom. The van der Waals surface area contributed by atoms with Gasteiger partial charge in [-0.2, -0.15) is 15.5 Å². The second-order valence-electron chi connectivity index (χ2n) is 6.70. The van der Waals surface area contributed by atoms with Gasteiger partial charge in [-0.3, -0.25) is 4.18 Å². The Balaban J connectivity index is 0.00000544. The quantitative estimate of drug-likeness (QED) is 0.185. The number of hydrogen-bond acceptors (Lipinski definition) is 10. The van der Waals surface area contributed by atoms with Gasteiger partial charge in [0.05, 0.1) is 41.1 Å². The van der Waals surface area contributed by atoms with Crippen LogP contribution in [0.25, 0.3) is 0 Å². The Morgan fingerprint density at radius 3 is 2.30 bits per heavy atom. The SMILES string of the molecule is CCN(CCC#N)c1ccc(N=Nc2ccc(S(=O)(=O)CCOS(=O)(=O)[O-])cc2)c(C)c1.[Na+]. The van der Waals surface area contributed by atoms with Crippen LogP contribution in [0.15, 0.2) is 57.6 Å². The van der Waals surface area contributed by atoms with E-state index < -0.39 is 32.6 Å². The number of benzene rings is 2. The first-order chi connectivity index (χ1) is 15.1. The zero-order valence-corrected chi connectivity index (χ0v) is 22.3. The maximum absolute atomic E-state index is 12.2. The summed E-state index contributed by atoms with van der Waals surface area (Å²) in [5, 5.41) is 17.1. The van der Waals surface area contributed by atoms with E-state index in [1.807, 2.05) is 32.0 Å². The molecule has 0 N–H and O–H groups in total. The predicted octanol–water partition coefficient (Wildman–Crippen LogP) is 0.405. The maximum atomic E-state index is 12.2. The number of sulfone groups is 1. The second kappa shape index (κ2) is 13.1. The second-order valence-corrected chi connectivity index (χ2v) is 9.86. The van der Waals surface area contributed by atoms with Gasteiger partial charge in [-0.05, 0) is 61.9 Å². The molecule has 0 radical (unpaired) electrons. The van der Waals surface area contributed by atoms with Gasteiger partial charge in [0.25, 0.3) is 0 Å². The van der Waals surface area contributed by atoms with Gasteiger partial charge in [-0.1, -0.05) is 0 Å². The molecule has 2 aromatic carbocycles. The van der Waals surface area contributed by atoms with Gasteiger partial charge in [0.15, 0.2) is 9.84 Å². The molecule has 2 aromatic rings. The van der Waals surface area contributed by atoms with E-state index in [4.69, 9.17) is 5.26 Å². The van der Waals surface area contributed by atoms with Crippen molar-refractivity contribution in [3.63, 3.8) is 0 Å². The van der Waals surface area contributed by atoms with Gasteiger partial charge in [-0.25, -0.2) is 16.8 Å². The number of hydrogen-bond donors (Lipinski definition) is 0. The fourth-order valence-corrected chi connectivity index (χ4v) is 4.28. The molecule has 0 atom stereocenters. The first-order valence-corrected chi connectivity index (χ1v) is 12.6. The third kappa shape index (κ3) is 9.50. The van der Waals surface area contributed by atoms with Gasteiger partial charge in [0.2, 0.25) is 10.4 Å². The Kier molecular flexibility index (Phi) is 11.6. The summed E-state index contributed by atoms with van der Waals surface area (Å²) in [7, 11) is -8.76. The minimum atomic E-state index is -4.94. The molecule has 0 aliphatic rings. The van der Waals surface area contributed by atoms with Crippen molar-refractivity contribution in [1.29, 1.82) is 5.26 Å². The standard InChI is InChI=1S/C20H24N4O6S2.Na/c1-3-24(12-4-11-21)18-7-10-20(16(2)15-18)23-22-17-5-8-19(9-6-17)31(25,26)14-13-30-32(27,28)29;/h5-10,15H,3-4,12-14H2,1-2H3,(H,27,28,29);/q;+1/p-1. The summed E-state index contributed by atoms with van der Waals surface area (Å²) in [6.45, 7) is 4.58. The van der Waals surface area contributed by atoms with E-state index in [0.717, 1.165) is 17.8 Å². The van der Waals surface area contributed by atoms with Crippen LogP contribution >= 0.6 is 0 Å². The van der Waals surface area contributed by atoms with Crippen molar-refractivity contribution < 1.29 is 55.1 Å². The molecular formula is C20H23N4NaO6S2. The number of nitriles is 1. The Morgan fingerprint density at radius 1 is 1.09 bits per heavy atom. The van der Waals surface area contributed by atoms with Crippen molar-refractivity contribution >= 4 is 37.3 Å². The Labute approximate surface area is 216 Å². The minimum Gasteiger partial charge on any atom is -0.726 e. The van der Waals surface area contributed by atoms with Crippen LogP contribution < -0.4 is 34.5 Å². The van der Waals surface area contributed by atoms with Crippen molar-refractivity contribution in [3.05, 3.63) is 48.0 Å². The number of nitrogens with zero attached hydrogens (tertiary/aromatic N) is 4. The third-order valence-corrected chi connectivity index (χ3v) is 6.62. The average Bonchev–Trinajstić information content (AvgIpc) is 2.73. The summed E-state index contributed by atoms with van der Waals surface area (Å²) >= 11 is 0. The van der Waals surface area contributed by atoms with E-state index in [1.54, 1.807) is 0 Å². The molecule has 0 amide bonds. The molecule has 0 saturated heterocycles. The van der Waals surface area contributed by atoms with Gasteiger partial charge < -0.3 is 9.45 Å². The van der Waals surface area contributed by atoms with Gasteiger partial charge in [0.1, 0.15) is 0 Å². The van der Waals surface area contributed by atoms with Crippen molar-refractivity contribution in [3.8, 4) is 6.07 Å². The van der Waals surface area contributed by atoms with Crippen LogP contribution in [0.2, 0.25) is 0 Å². The fourth-order valence-electron chi connectivity index (χ4n) is 2.80. The Bertz CT molecular complexity index is 1210. The molecule has 0 aromatic heterocycles. The zero-order valence-electron chi connectivity index (χ0n) is 18.6. The first-order valence-electron chi connectivity index (χ1n) is 9.63. The number of aryl methyl sites for hydroxylation is 1. The van der Waals surface area contributed by atoms with E-state index in [-0.39, 0.29) is 34.5 Å². The van der Waals surface area contributed by atoms with Crippen molar-refractivity contribution in [2.24, 2.45) is 10.2 Å². The molecule has 0 heterocycles. The van der Waals surface area contributed by atoms with Gasteiger partial charge >= 0.3 is 29.6 Å². The Hall–Kier alpha value is -1.85. The fraction of sp³-hybridized carbons (Fsp3) is 0.350. The predicted molar refractivity (Wildman–Crippen MR) is 118 cm³/mol. The van der Waals surface area contributed by atoms with Gasteiger partial charge in [-0.15, -0.1) is 0 Å². The van der Waals surface area contributed by atoms with Crippen molar-refractivity contribution in [2.75, 3.05) is 30.3 Å². The molecule has 172 valence electrons. The summed E-state index contributed by atoms with van der Waals surface area (Å²) in [4.78, 5) is 2.04. The molecular weight excluding hydrogens is 479 g/mol. The van der Waals surface area contributed by atoms with Crippen LogP contribution in [0.4, 0.5) is 17.1 Å². The van der Waals surface area contributed by atoms with Crippen LogP contribution in [0.1, 0.15) is 18.9 Å². The van der Waals surface area contributed by atoms with Crippen molar-refractivity contribution in [2.45, 2.75) is 25.2 Å². The van der Waals surface area contributed by atoms with Crippen molar-refractivity contribution in [1.82, 2.24) is 0 Å². The van der Waals surface area contributed by atoms with Gasteiger partial charge in [0, 0.05) is 18.8 Å². The zero-order chi connectivity index (χ0) is 23.8. The largest absolute Gasteiger partial charge is 1.00 e. The van der Waals surface area contributed by atoms with Crippen LogP contribution in [-0.4, -0.2) is 46.8 Å². The number of anilines is 1.